The fraction of sp³-hybridized carbons (Fsp3) is 0.516. The summed E-state index contributed by atoms with van der Waals surface area (Å²) in [6.45, 7) is 4.74. The van der Waals surface area contributed by atoms with Crippen molar-refractivity contribution in [2.24, 2.45) is 4.40 Å². The number of halogens is 8. The van der Waals surface area contributed by atoms with Gasteiger partial charge in [-0.1, -0.05) is 81.9 Å². The van der Waals surface area contributed by atoms with E-state index < -0.39 is 84.8 Å². The van der Waals surface area contributed by atoms with Gasteiger partial charge >= 0.3 is 0 Å². The van der Waals surface area contributed by atoms with Crippen molar-refractivity contribution in [3.63, 3.8) is 0 Å². The predicted octanol–water partition coefficient (Wildman–Crippen LogP) is 11.7. The van der Waals surface area contributed by atoms with Crippen molar-refractivity contribution in [3.8, 4) is 10.6 Å². The average Bonchev–Trinajstić information content (AvgIpc) is 3.66. The molecule has 3 unspecified atom stereocenters. The number of rotatable bonds is 12. The summed E-state index contributed by atoms with van der Waals surface area (Å²) < 4.78 is 131. The van der Waals surface area contributed by atoms with Gasteiger partial charge in [-0.15, -0.1) is 10.2 Å². The van der Waals surface area contributed by atoms with Crippen LogP contribution >= 0.6 is 35.0 Å². The van der Waals surface area contributed by atoms with Gasteiger partial charge in [0.1, 0.15) is 21.7 Å². The third-order valence-electron chi connectivity index (χ3n) is 8.08. The lowest BCUT2D eigenvalue weighted by atomic mass is 9.77. The SMILES string of the molecule is CCCCCCc1nnc(-c2c(F)c(F)c3c4c(c(F)c(F)c3c2F)C(F)=C(C2=NSC(CCCCCC)S2)C(C)(F)C4F)s1. The summed E-state index contributed by atoms with van der Waals surface area (Å²) >= 11 is 2.76. The minimum atomic E-state index is -3.26. The number of aryl methyl sites for hydroxylation is 1. The van der Waals surface area contributed by atoms with Gasteiger partial charge in [0.25, 0.3) is 0 Å². The van der Waals surface area contributed by atoms with Crippen molar-refractivity contribution in [1.29, 1.82) is 0 Å². The molecule has 0 fully saturated rings. The highest BCUT2D eigenvalue weighted by Gasteiger charge is 2.53. The number of fused-ring (bicyclic) bond motifs is 3. The quantitative estimate of drug-likeness (QED) is 0.0819. The van der Waals surface area contributed by atoms with E-state index in [1.807, 2.05) is 6.92 Å². The number of benzene rings is 2. The molecular weight excluding hydrogens is 663 g/mol. The molecule has 1 aliphatic carbocycles. The lowest BCUT2D eigenvalue weighted by molar-refractivity contribution is 0.104. The van der Waals surface area contributed by atoms with Crippen LogP contribution in [0.2, 0.25) is 0 Å². The first-order chi connectivity index (χ1) is 21.4. The van der Waals surface area contributed by atoms with Gasteiger partial charge in [-0.3, -0.25) is 0 Å². The molecule has 1 aliphatic heterocycles. The second-order valence-electron chi connectivity index (χ2n) is 11.3. The predicted molar refractivity (Wildman–Crippen MR) is 167 cm³/mol. The van der Waals surface area contributed by atoms with Crippen LogP contribution in [0.5, 0.6) is 0 Å². The summed E-state index contributed by atoms with van der Waals surface area (Å²) in [6, 6.07) is 0. The van der Waals surface area contributed by atoms with Gasteiger partial charge in [0.15, 0.2) is 40.1 Å². The summed E-state index contributed by atoms with van der Waals surface area (Å²) in [4.78, 5) is 0. The maximum absolute atomic E-state index is 16.3. The largest absolute Gasteiger partial charge is 0.238 e. The van der Waals surface area contributed by atoms with E-state index in [1.54, 1.807) is 0 Å². The Morgan fingerprint density at radius 2 is 1.40 bits per heavy atom. The van der Waals surface area contributed by atoms with Gasteiger partial charge in [0.05, 0.1) is 26.7 Å². The number of thioether (sulfide) groups is 1. The Bertz CT molecular complexity index is 1670. The molecule has 14 heteroatoms. The third-order valence-corrected chi connectivity index (χ3v) is 11.5. The van der Waals surface area contributed by atoms with Crippen molar-refractivity contribution in [2.75, 3.05) is 0 Å². The summed E-state index contributed by atoms with van der Waals surface area (Å²) in [6.07, 6.45) is 5.39. The molecule has 2 heterocycles. The molecule has 0 saturated carbocycles. The van der Waals surface area contributed by atoms with E-state index in [9.17, 15) is 0 Å². The maximum atomic E-state index is 16.3. The van der Waals surface area contributed by atoms with Crippen molar-refractivity contribution in [2.45, 2.75) is 101 Å². The number of nitrogens with zero attached hydrogens (tertiary/aromatic N) is 3. The van der Waals surface area contributed by atoms with Crippen LogP contribution in [0.1, 0.15) is 101 Å². The van der Waals surface area contributed by atoms with Crippen molar-refractivity contribution < 1.29 is 35.1 Å². The number of hydrogen-bond donors (Lipinski definition) is 0. The third kappa shape index (κ3) is 6.15. The molecule has 1 aromatic heterocycles. The van der Waals surface area contributed by atoms with Crippen LogP contribution < -0.4 is 0 Å². The summed E-state index contributed by atoms with van der Waals surface area (Å²) in [7, 11) is 0. The Morgan fingerprint density at radius 1 is 0.756 bits per heavy atom. The van der Waals surface area contributed by atoms with E-state index in [2.05, 4.69) is 21.5 Å². The molecule has 3 aromatic rings. The van der Waals surface area contributed by atoms with Crippen molar-refractivity contribution in [1.82, 2.24) is 10.2 Å². The molecule has 0 bridgehead atoms. The van der Waals surface area contributed by atoms with Crippen molar-refractivity contribution in [3.05, 3.63) is 50.8 Å². The fourth-order valence-corrected chi connectivity index (χ4v) is 8.97. The second-order valence-corrected chi connectivity index (χ2v) is 14.8. The van der Waals surface area contributed by atoms with E-state index in [0.717, 1.165) is 86.4 Å². The second kappa shape index (κ2) is 13.9. The number of unbranched alkanes of at least 4 members (excludes halogenated alkanes) is 6. The van der Waals surface area contributed by atoms with Gasteiger partial charge < -0.3 is 0 Å². The summed E-state index contributed by atoms with van der Waals surface area (Å²) in [5, 5.41) is 4.42. The van der Waals surface area contributed by atoms with E-state index in [-0.39, 0.29) is 9.63 Å². The molecule has 0 saturated heterocycles. The number of aromatic nitrogens is 2. The zero-order valence-corrected chi connectivity index (χ0v) is 27.3. The Hall–Kier alpha value is -2.19. The summed E-state index contributed by atoms with van der Waals surface area (Å²) in [5.74, 6) is -11.5. The lowest BCUT2D eigenvalue weighted by Gasteiger charge is -2.34. The maximum Gasteiger partial charge on any atom is 0.173 e. The van der Waals surface area contributed by atoms with E-state index in [0.29, 0.717) is 24.8 Å². The molecule has 3 nitrogen and oxygen atoms in total. The summed E-state index contributed by atoms with van der Waals surface area (Å²) in [5.41, 5.74) is -8.11. The van der Waals surface area contributed by atoms with Gasteiger partial charge in [0, 0.05) is 17.4 Å². The highest BCUT2D eigenvalue weighted by Crippen LogP contribution is 2.56. The minimum Gasteiger partial charge on any atom is -0.238 e. The molecule has 0 amide bonds. The van der Waals surface area contributed by atoms with Crippen LogP contribution in [0.3, 0.4) is 0 Å². The smallest absolute Gasteiger partial charge is 0.173 e. The first-order valence-corrected chi connectivity index (χ1v) is 17.5. The fourth-order valence-electron chi connectivity index (χ4n) is 5.67. The minimum absolute atomic E-state index is 0.234. The highest BCUT2D eigenvalue weighted by molar-refractivity contribution is 8.28. The topological polar surface area (TPSA) is 38.1 Å². The van der Waals surface area contributed by atoms with Crippen LogP contribution in [-0.4, -0.2) is 25.5 Å². The van der Waals surface area contributed by atoms with E-state index in [1.165, 1.54) is 0 Å². The molecule has 244 valence electrons. The number of alkyl halides is 2. The standard InChI is InChI=1S/C31H31F8N3S3/c1-4-6-8-10-12-14-40-41-29(43-14)20-22(32)18-16(24(34)27(20)37)17-19(26(36)25(18)35)23(33)21(31(3,39)28(17)38)30-42-45-15(44-30)13-11-9-7-5-2/h15,28H,4-13H2,1-3H3. The first-order valence-electron chi connectivity index (χ1n) is 14.9. The normalized spacial score (nSPS) is 21.6. The average molecular weight is 694 g/mol. The molecule has 0 radical (unpaired) electrons. The molecule has 3 atom stereocenters. The van der Waals surface area contributed by atoms with Crippen molar-refractivity contribution >= 4 is 56.7 Å². The van der Waals surface area contributed by atoms with Crippen LogP contribution in [0.15, 0.2) is 9.97 Å². The molecule has 5 rings (SSSR count). The molecule has 2 aliphatic rings. The van der Waals surface area contributed by atoms with Gasteiger partial charge in [-0.2, -0.15) is 0 Å². The molecule has 2 aromatic carbocycles. The van der Waals surface area contributed by atoms with E-state index >= 15 is 35.1 Å². The lowest BCUT2D eigenvalue weighted by Crippen LogP contribution is -2.36. The van der Waals surface area contributed by atoms with Gasteiger partial charge in [0.2, 0.25) is 0 Å². The zero-order valence-electron chi connectivity index (χ0n) is 24.8. The van der Waals surface area contributed by atoms with Gasteiger partial charge in [-0.25, -0.2) is 39.5 Å². The van der Waals surface area contributed by atoms with Crippen LogP contribution in [0.4, 0.5) is 35.1 Å². The molecule has 0 N–H and O–H groups in total. The Balaban J connectivity index is 1.61. The highest BCUT2D eigenvalue weighted by atomic mass is 32.2. The molecule has 0 spiro atoms. The van der Waals surface area contributed by atoms with Crippen LogP contribution in [0.25, 0.3) is 27.2 Å². The van der Waals surface area contributed by atoms with E-state index in [4.69, 9.17) is 0 Å². The van der Waals surface area contributed by atoms with Crippen LogP contribution in [0, 0.1) is 29.1 Å². The molecule has 45 heavy (non-hydrogen) atoms. The number of hydrogen-bond acceptors (Lipinski definition) is 6. The monoisotopic (exact) mass is 693 g/mol. The Morgan fingerprint density at radius 3 is 2.09 bits per heavy atom. The molecular formula is C31H31F8N3S3. The van der Waals surface area contributed by atoms with Crippen LogP contribution in [-0.2, 0) is 6.42 Å². The Kier molecular flexibility index (Phi) is 10.5. The van der Waals surface area contributed by atoms with Gasteiger partial charge in [-0.05, 0) is 31.7 Å². The first kappa shape index (κ1) is 34.2. The zero-order chi connectivity index (χ0) is 32.6. The Labute approximate surface area is 268 Å².